The van der Waals surface area contributed by atoms with Gasteiger partial charge < -0.3 is 20.5 Å². The average molecular weight is 428 g/mol. The van der Waals surface area contributed by atoms with Gasteiger partial charge in [0.2, 0.25) is 0 Å². The SMILES string of the molecule is COc1cc(C(C)NC(=O)c2csc(CCN)n2)ccc1OCCC(C)C.Cl. The minimum absolute atomic E-state index is 0. The zero-order valence-corrected chi connectivity index (χ0v) is 18.5. The van der Waals surface area contributed by atoms with Gasteiger partial charge in [-0.15, -0.1) is 23.7 Å². The third kappa shape index (κ3) is 6.96. The topological polar surface area (TPSA) is 86.5 Å². The van der Waals surface area contributed by atoms with Crippen LogP contribution in [0.5, 0.6) is 11.5 Å². The van der Waals surface area contributed by atoms with Crippen molar-refractivity contribution >= 4 is 29.7 Å². The maximum absolute atomic E-state index is 12.4. The Hall–Kier alpha value is -1.83. The molecule has 1 unspecified atom stereocenters. The number of thiazole rings is 1. The molecule has 2 rings (SSSR count). The highest BCUT2D eigenvalue weighted by atomic mass is 35.5. The monoisotopic (exact) mass is 427 g/mol. The molecule has 0 saturated carbocycles. The highest BCUT2D eigenvalue weighted by molar-refractivity contribution is 7.09. The zero-order chi connectivity index (χ0) is 19.8. The number of carbonyl (C=O) groups excluding carboxylic acids is 1. The number of carbonyl (C=O) groups is 1. The molecule has 0 saturated heterocycles. The van der Waals surface area contributed by atoms with Gasteiger partial charge in [0.1, 0.15) is 5.69 Å². The van der Waals surface area contributed by atoms with Crippen molar-refractivity contribution in [3.05, 3.63) is 39.8 Å². The number of hydrogen-bond acceptors (Lipinski definition) is 6. The fraction of sp³-hybridized carbons (Fsp3) is 0.500. The summed E-state index contributed by atoms with van der Waals surface area (Å²) in [6.07, 6.45) is 1.67. The standard InChI is InChI=1S/C20H29N3O3S.ClH/c1-13(2)8-10-26-17-6-5-15(11-18(17)25-4)14(3)22-20(24)16-12-27-19(23-16)7-9-21;/h5-6,11-14H,7-10,21H2,1-4H3,(H,22,24);1H. The summed E-state index contributed by atoms with van der Waals surface area (Å²) in [4.78, 5) is 16.7. The van der Waals surface area contributed by atoms with Crippen LogP contribution >= 0.6 is 23.7 Å². The predicted molar refractivity (Wildman–Crippen MR) is 116 cm³/mol. The van der Waals surface area contributed by atoms with E-state index in [0.29, 0.717) is 42.7 Å². The molecule has 0 fully saturated rings. The highest BCUT2D eigenvalue weighted by Gasteiger charge is 2.16. The van der Waals surface area contributed by atoms with E-state index in [2.05, 4.69) is 24.1 Å². The van der Waals surface area contributed by atoms with E-state index in [1.165, 1.54) is 11.3 Å². The quantitative estimate of drug-likeness (QED) is 0.598. The van der Waals surface area contributed by atoms with Gasteiger partial charge in [-0.25, -0.2) is 4.98 Å². The van der Waals surface area contributed by atoms with Crippen LogP contribution in [0.1, 0.15) is 54.3 Å². The normalized spacial score (nSPS) is 11.6. The fourth-order valence-electron chi connectivity index (χ4n) is 2.48. The first-order valence-electron chi connectivity index (χ1n) is 9.20. The Morgan fingerprint density at radius 2 is 2.04 bits per heavy atom. The first kappa shape index (κ1) is 24.2. The molecule has 1 amide bonds. The number of benzene rings is 1. The van der Waals surface area contributed by atoms with Crippen molar-refractivity contribution in [2.75, 3.05) is 20.3 Å². The molecule has 2 aromatic rings. The maximum Gasteiger partial charge on any atom is 0.271 e. The molecule has 1 atom stereocenters. The number of rotatable bonds is 10. The number of methoxy groups -OCH3 is 1. The van der Waals surface area contributed by atoms with Crippen molar-refractivity contribution in [3.8, 4) is 11.5 Å². The van der Waals surface area contributed by atoms with E-state index >= 15 is 0 Å². The first-order chi connectivity index (χ1) is 12.9. The van der Waals surface area contributed by atoms with Crippen molar-refractivity contribution in [3.63, 3.8) is 0 Å². The van der Waals surface area contributed by atoms with E-state index in [1.807, 2.05) is 25.1 Å². The zero-order valence-electron chi connectivity index (χ0n) is 16.9. The molecule has 0 radical (unpaired) electrons. The molecule has 1 aromatic carbocycles. The third-order valence-corrected chi connectivity index (χ3v) is 5.04. The second kappa shape index (κ2) is 11.9. The van der Waals surface area contributed by atoms with Gasteiger partial charge in [0.25, 0.3) is 5.91 Å². The minimum atomic E-state index is -0.196. The van der Waals surface area contributed by atoms with E-state index in [-0.39, 0.29) is 24.4 Å². The van der Waals surface area contributed by atoms with Crippen LogP contribution in [0.2, 0.25) is 0 Å². The molecule has 156 valence electrons. The maximum atomic E-state index is 12.4. The molecule has 6 nitrogen and oxygen atoms in total. The van der Waals surface area contributed by atoms with E-state index in [4.69, 9.17) is 15.2 Å². The van der Waals surface area contributed by atoms with Gasteiger partial charge in [-0.2, -0.15) is 0 Å². The third-order valence-electron chi connectivity index (χ3n) is 4.13. The molecule has 3 N–H and O–H groups in total. The molecule has 0 spiro atoms. The second-order valence-corrected chi connectivity index (χ2v) is 7.74. The van der Waals surface area contributed by atoms with E-state index in [0.717, 1.165) is 17.0 Å². The molecule has 1 aromatic heterocycles. The van der Waals surface area contributed by atoms with E-state index < -0.39 is 0 Å². The van der Waals surface area contributed by atoms with Crippen LogP contribution in [-0.4, -0.2) is 31.2 Å². The van der Waals surface area contributed by atoms with Gasteiger partial charge in [-0.1, -0.05) is 19.9 Å². The summed E-state index contributed by atoms with van der Waals surface area (Å²) in [5, 5.41) is 5.61. The number of nitrogens with zero attached hydrogens (tertiary/aromatic N) is 1. The Labute approximate surface area is 177 Å². The molecular formula is C20H30ClN3O3S. The summed E-state index contributed by atoms with van der Waals surface area (Å²) in [6.45, 7) is 7.43. The Balaban J connectivity index is 0.00000392. The molecule has 8 heteroatoms. The summed E-state index contributed by atoms with van der Waals surface area (Å²) in [6, 6.07) is 5.55. The molecule has 1 heterocycles. The van der Waals surface area contributed by atoms with E-state index in [1.54, 1.807) is 12.5 Å². The van der Waals surface area contributed by atoms with Gasteiger partial charge >= 0.3 is 0 Å². The largest absolute Gasteiger partial charge is 0.493 e. The first-order valence-corrected chi connectivity index (χ1v) is 10.1. The van der Waals surface area contributed by atoms with Crippen LogP contribution in [-0.2, 0) is 6.42 Å². The Morgan fingerprint density at radius 3 is 2.68 bits per heavy atom. The van der Waals surface area contributed by atoms with Gasteiger partial charge in [0.15, 0.2) is 11.5 Å². The lowest BCUT2D eigenvalue weighted by Gasteiger charge is -2.17. The summed E-state index contributed by atoms with van der Waals surface area (Å²) < 4.78 is 11.3. The van der Waals surface area contributed by atoms with Crippen LogP contribution < -0.4 is 20.5 Å². The Morgan fingerprint density at radius 1 is 1.29 bits per heavy atom. The number of ether oxygens (including phenoxy) is 2. The Kier molecular flexibility index (Phi) is 10.3. The van der Waals surface area contributed by atoms with Gasteiger partial charge in [-0.3, -0.25) is 4.79 Å². The molecule has 0 aliphatic carbocycles. The predicted octanol–water partition coefficient (Wildman–Crippen LogP) is 3.99. The van der Waals surface area contributed by atoms with Crippen LogP contribution in [0.4, 0.5) is 0 Å². The number of halogens is 1. The van der Waals surface area contributed by atoms with Crippen molar-refractivity contribution in [2.45, 2.75) is 39.7 Å². The number of aromatic nitrogens is 1. The van der Waals surface area contributed by atoms with Gasteiger partial charge in [-0.05, 0) is 43.5 Å². The molecule has 0 aliphatic rings. The lowest BCUT2D eigenvalue weighted by molar-refractivity contribution is 0.0935. The van der Waals surface area contributed by atoms with Crippen LogP contribution in [0.25, 0.3) is 0 Å². The average Bonchev–Trinajstić information content (AvgIpc) is 3.10. The highest BCUT2D eigenvalue weighted by Crippen LogP contribution is 2.30. The van der Waals surface area contributed by atoms with Crippen molar-refractivity contribution in [1.29, 1.82) is 0 Å². The smallest absolute Gasteiger partial charge is 0.271 e. The minimum Gasteiger partial charge on any atom is -0.493 e. The van der Waals surface area contributed by atoms with Crippen molar-refractivity contribution in [2.24, 2.45) is 11.7 Å². The molecule has 0 aliphatic heterocycles. The van der Waals surface area contributed by atoms with Gasteiger partial charge in [0.05, 0.1) is 24.8 Å². The second-order valence-electron chi connectivity index (χ2n) is 6.80. The molecule has 0 bridgehead atoms. The summed E-state index contributed by atoms with van der Waals surface area (Å²) in [7, 11) is 1.62. The summed E-state index contributed by atoms with van der Waals surface area (Å²) >= 11 is 1.45. The number of nitrogens with one attached hydrogen (secondary N) is 1. The number of hydrogen-bond donors (Lipinski definition) is 2. The molecular weight excluding hydrogens is 398 g/mol. The number of nitrogens with two attached hydrogens (primary N) is 1. The van der Waals surface area contributed by atoms with Gasteiger partial charge in [0, 0.05) is 11.8 Å². The van der Waals surface area contributed by atoms with Crippen LogP contribution in [0, 0.1) is 5.92 Å². The lowest BCUT2D eigenvalue weighted by Crippen LogP contribution is -2.27. The van der Waals surface area contributed by atoms with Crippen molar-refractivity contribution in [1.82, 2.24) is 10.3 Å². The Bertz CT molecular complexity index is 752. The summed E-state index contributed by atoms with van der Waals surface area (Å²) in [5.74, 6) is 1.77. The van der Waals surface area contributed by atoms with Crippen molar-refractivity contribution < 1.29 is 14.3 Å². The number of amides is 1. The van der Waals surface area contributed by atoms with E-state index in [9.17, 15) is 4.79 Å². The van der Waals surface area contributed by atoms with Crippen LogP contribution in [0.15, 0.2) is 23.6 Å². The summed E-state index contributed by atoms with van der Waals surface area (Å²) in [5.41, 5.74) is 6.90. The fourth-order valence-corrected chi connectivity index (χ4v) is 3.28. The van der Waals surface area contributed by atoms with Crippen LogP contribution in [0.3, 0.4) is 0 Å². The lowest BCUT2D eigenvalue weighted by atomic mass is 10.1. The molecule has 28 heavy (non-hydrogen) atoms.